The molecule has 1 N–H and O–H groups in total. The zero-order valence-corrected chi connectivity index (χ0v) is 7.91. The second kappa shape index (κ2) is 4.01. The fraction of sp³-hybridized carbons (Fsp3) is 0.400. The van der Waals surface area contributed by atoms with Gasteiger partial charge in [-0.05, 0) is 19.5 Å². The Kier molecular flexibility index (Phi) is 2.99. The van der Waals surface area contributed by atoms with Gasteiger partial charge in [0.05, 0.1) is 6.07 Å². The zero-order valence-electron chi connectivity index (χ0n) is 7.91. The maximum atomic E-state index is 9.03. The predicted octanol–water partition coefficient (Wildman–Crippen LogP) is 1.43. The van der Waals surface area contributed by atoms with Gasteiger partial charge < -0.3 is 0 Å². The number of pyridine rings is 1. The lowest BCUT2D eigenvalue weighted by Gasteiger charge is -2.22. The Balaban J connectivity index is 2.98. The number of rotatable bonds is 3. The van der Waals surface area contributed by atoms with Crippen molar-refractivity contribution in [3.63, 3.8) is 0 Å². The van der Waals surface area contributed by atoms with Crippen LogP contribution in [0.3, 0.4) is 0 Å². The second-order valence-electron chi connectivity index (χ2n) is 3.01. The molecule has 1 aromatic rings. The molecular weight excluding hydrogens is 162 g/mol. The number of aromatic nitrogens is 1. The highest BCUT2D eigenvalue weighted by Gasteiger charge is 2.24. The minimum atomic E-state index is -0.622. The van der Waals surface area contributed by atoms with Crippen molar-refractivity contribution >= 4 is 0 Å². The fourth-order valence-corrected chi connectivity index (χ4v) is 1.22. The topological polar surface area (TPSA) is 48.7 Å². The summed E-state index contributed by atoms with van der Waals surface area (Å²) in [5.74, 6) is 0. The predicted molar refractivity (Wildman–Crippen MR) is 50.9 cm³/mol. The summed E-state index contributed by atoms with van der Waals surface area (Å²) in [6.07, 6.45) is 3.42. The first kappa shape index (κ1) is 9.69. The second-order valence-corrected chi connectivity index (χ2v) is 3.01. The Morgan fingerprint density at radius 2 is 2.46 bits per heavy atom. The molecule has 1 unspecified atom stereocenters. The molecule has 0 saturated heterocycles. The quantitative estimate of drug-likeness (QED) is 0.756. The summed E-state index contributed by atoms with van der Waals surface area (Å²) in [5.41, 5.74) is 0.280. The van der Waals surface area contributed by atoms with E-state index in [1.165, 1.54) is 0 Å². The van der Waals surface area contributed by atoms with Crippen LogP contribution in [0.2, 0.25) is 0 Å². The van der Waals surface area contributed by atoms with Crippen molar-refractivity contribution in [1.82, 2.24) is 10.3 Å². The molecule has 1 rings (SSSR count). The molecule has 3 nitrogen and oxygen atoms in total. The molecule has 1 heterocycles. The van der Waals surface area contributed by atoms with E-state index in [9.17, 15) is 0 Å². The maximum absolute atomic E-state index is 9.03. The zero-order chi connectivity index (χ0) is 9.73. The number of nitrogens with one attached hydrogen (secondary N) is 1. The molecule has 0 amide bonds. The average molecular weight is 175 g/mol. The number of hydrogen-bond acceptors (Lipinski definition) is 3. The monoisotopic (exact) mass is 175 g/mol. The van der Waals surface area contributed by atoms with Gasteiger partial charge in [0.25, 0.3) is 0 Å². The molecule has 0 radical (unpaired) electrons. The van der Waals surface area contributed by atoms with Gasteiger partial charge in [-0.25, -0.2) is 0 Å². The Morgan fingerprint density at radius 1 is 1.69 bits per heavy atom. The molecule has 68 valence electrons. The third-order valence-electron chi connectivity index (χ3n) is 1.99. The van der Waals surface area contributed by atoms with Crippen molar-refractivity contribution < 1.29 is 0 Å². The van der Waals surface area contributed by atoms with Crippen molar-refractivity contribution in [2.45, 2.75) is 19.4 Å². The lowest BCUT2D eigenvalue weighted by Crippen LogP contribution is -2.37. The largest absolute Gasteiger partial charge is 0.296 e. The standard InChI is InChI=1S/C10H13N3/c1-3-13-10(2,8-11)9-5-4-6-12-7-9/h4-7,13H,3H2,1-2H3. The lowest BCUT2D eigenvalue weighted by atomic mass is 9.95. The van der Waals surface area contributed by atoms with E-state index in [0.717, 1.165) is 12.1 Å². The molecule has 1 aromatic heterocycles. The first-order valence-corrected chi connectivity index (χ1v) is 4.29. The van der Waals surface area contributed by atoms with Gasteiger partial charge in [0, 0.05) is 18.0 Å². The first-order chi connectivity index (χ1) is 6.23. The Labute approximate surface area is 78.4 Å². The van der Waals surface area contributed by atoms with Gasteiger partial charge in [-0.15, -0.1) is 0 Å². The molecule has 0 aromatic carbocycles. The van der Waals surface area contributed by atoms with Crippen LogP contribution in [-0.4, -0.2) is 11.5 Å². The number of nitriles is 1. The van der Waals surface area contributed by atoms with Crippen LogP contribution in [0.15, 0.2) is 24.5 Å². The molecule has 0 saturated carbocycles. The van der Waals surface area contributed by atoms with Crippen LogP contribution in [-0.2, 0) is 5.54 Å². The molecule has 3 heteroatoms. The van der Waals surface area contributed by atoms with E-state index in [2.05, 4.69) is 16.4 Å². The van der Waals surface area contributed by atoms with E-state index in [-0.39, 0.29) is 0 Å². The van der Waals surface area contributed by atoms with E-state index >= 15 is 0 Å². The third kappa shape index (κ3) is 2.04. The third-order valence-corrected chi connectivity index (χ3v) is 1.99. The van der Waals surface area contributed by atoms with Gasteiger partial charge >= 0.3 is 0 Å². The SMILES string of the molecule is CCNC(C)(C#N)c1cccnc1. The highest BCUT2D eigenvalue weighted by atomic mass is 15.0. The minimum Gasteiger partial charge on any atom is -0.296 e. The smallest absolute Gasteiger partial charge is 0.130 e. The van der Waals surface area contributed by atoms with E-state index in [4.69, 9.17) is 5.26 Å². The summed E-state index contributed by atoms with van der Waals surface area (Å²) in [6, 6.07) is 5.98. The van der Waals surface area contributed by atoms with Gasteiger partial charge in [-0.1, -0.05) is 13.0 Å². The van der Waals surface area contributed by atoms with Crippen molar-refractivity contribution in [2.75, 3.05) is 6.54 Å². The summed E-state index contributed by atoms with van der Waals surface area (Å²) in [5, 5.41) is 12.2. The molecule has 0 aliphatic rings. The summed E-state index contributed by atoms with van der Waals surface area (Å²) in [6.45, 7) is 4.60. The molecule has 0 aliphatic carbocycles. The summed E-state index contributed by atoms with van der Waals surface area (Å²) >= 11 is 0. The van der Waals surface area contributed by atoms with Crippen molar-refractivity contribution in [1.29, 1.82) is 5.26 Å². The van der Waals surface area contributed by atoms with Gasteiger partial charge in [0.2, 0.25) is 0 Å². The van der Waals surface area contributed by atoms with E-state index < -0.39 is 5.54 Å². The molecular formula is C10H13N3. The maximum Gasteiger partial charge on any atom is 0.130 e. The van der Waals surface area contributed by atoms with Crippen LogP contribution in [0.4, 0.5) is 0 Å². The lowest BCUT2D eigenvalue weighted by molar-refractivity contribution is 0.480. The molecule has 0 aliphatic heterocycles. The Bertz CT molecular complexity index is 302. The normalized spacial score (nSPS) is 14.5. The van der Waals surface area contributed by atoms with Crippen LogP contribution in [0.5, 0.6) is 0 Å². The molecule has 0 bridgehead atoms. The van der Waals surface area contributed by atoms with Crippen LogP contribution in [0, 0.1) is 11.3 Å². The van der Waals surface area contributed by atoms with Crippen LogP contribution in [0.25, 0.3) is 0 Å². The van der Waals surface area contributed by atoms with E-state index in [0.29, 0.717) is 0 Å². The molecule has 1 atom stereocenters. The van der Waals surface area contributed by atoms with Crippen LogP contribution in [0.1, 0.15) is 19.4 Å². The summed E-state index contributed by atoms with van der Waals surface area (Å²) < 4.78 is 0. The summed E-state index contributed by atoms with van der Waals surface area (Å²) in [7, 11) is 0. The first-order valence-electron chi connectivity index (χ1n) is 4.29. The number of hydrogen-bond donors (Lipinski definition) is 1. The number of nitrogens with zero attached hydrogens (tertiary/aromatic N) is 2. The van der Waals surface area contributed by atoms with Gasteiger partial charge in [-0.2, -0.15) is 5.26 Å². The Morgan fingerprint density at radius 3 is 2.92 bits per heavy atom. The minimum absolute atomic E-state index is 0.622. The Hall–Kier alpha value is -1.40. The van der Waals surface area contributed by atoms with Gasteiger partial charge in [0.1, 0.15) is 5.54 Å². The van der Waals surface area contributed by atoms with Crippen molar-refractivity contribution in [3.8, 4) is 6.07 Å². The molecule has 0 fully saturated rings. The molecule has 0 spiro atoms. The van der Waals surface area contributed by atoms with E-state index in [1.54, 1.807) is 12.4 Å². The fourth-order valence-electron chi connectivity index (χ4n) is 1.22. The molecule has 13 heavy (non-hydrogen) atoms. The van der Waals surface area contributed by atoms with Crippen molar-refractivity contribution in [3.05, 3.63) is 30.1 Å². The van der Waals surface area contributed by atoms with Crippen molar-refractivity contribution in [2.24, 2.45) is 0 Å². The summed E-state index contributed by atoms with van der Waals surface area (Å²) in [4.78, 5) is 3.99. The highest BCUT2D eigenvalue weighted by Crippen LogP contribution is 2.17. The van der Waals surface area contributed by atoms with Crippen LogP contribution >= 0.6 is 0 Å². The van der Waals surface area contributed by atoms with Crippen LogP contribution < -0.4 is 5.32 Å². The van der Waals surface area contributed by atoms with Gasteiger partial charge in [0.15, 0.2) is 0 Å². The van der Waals surface area contributed by atoms with Gasteiger partial charge in [-0.3, -0.25) is 10.3 Å². The van der Waals surface area contributed by atoms with E-state index in [1.807, 2.05) is 26.0 Å². The highest BCUT2D eigenvalue weighted by molar-refractivity contribution is 5.27. The average Bonchev–Trinajstić information content (AvgIpc) is 2.19.